The Balaban J connectivity index is 2.72. The van der Waals surface area contributed by atoms with Crippen LogP contribution < -0.4 is 4.74 Å². The van der Waals surface area contributed by atoms with Crippen molar-refractivity contribution in [2.75, 3.05) is 6.61 Å². The first-order valence-electron chi connectivity index (χ1n) is 6.00. The summed E-state index contributed by atoms with van der Waals surface area (Å²) >= 11 is 0. The van der Waals surface area contributed by atoms with Gasteiger partial charge in [-0.25, -0.2) is 9.59 Å². The van der Waals surface area contributed by atoms with Crippen molar-refractivity contribution in [1.82, 2.24) is 0 Å². The first-order chi connectivity index (χ1) is 8.84. The van der Waals surface area contributed by atoms with Crippen molar-refractivity contribution in [3.8, 4) is 5.75 Å². The van der Waals surface area contributed by atoms with Crippen molar-refractivity contribution >= 4 is 11.9 Å². The van der Waals surface area contributed by atoms with E-state index in [1.807, 2.05) is 26.8 Å². The second-order valence-corrected chi connectivity index (χ2v) is 4.94. The molecule has 0 saturated heterocycles. The minimum atomic E-state index is -1.18. The normalized spacial score (nSPS) is 10.9. The fraction of sp³-hybridized carbons (Fsp3) is 0.429. The Morgan fingerprint density at radius 3 is 2.42 bits per heavy atom. The molecule has 0 aliphatic carbocycles. The second-order valence-electron chi connectivity index (χ2n) is 4.94. The van der Waals surface area contributed by atoms with Gasteiger partial charge >= 0.3 is 11.9 Å². The molecule has 0 aliphatic rings. The zero-order valence-electron chi connectivity index (χ0n) is 11.6. The van der Waals surface area contributed by atoms with E-state index in [0.717, 1.165) is 5.56 Å². The largest absolute Gasteiger partial charge is 0.450 e. The van der Waals surface area contributed by atoms with Crippen molar-refractivity contribution in [3.63, 3.8) is 0 Å². The lowest BCUT2D eigenvalue weighted by atomic mass is 9.87. The maximum absolute atomic E-state index is 11.4. The highest BCUT2D eigenvalue weighted by molar-refractivity contribution is 6.30. The average Bonchev–Trinajstić information content (AvgIpc) is 2.35. The van der Waals surface area contributed by atoms with Crippen LogP contribution in [0.1, 0.15) is 33.3 Å². The van der Waals surface area contributed by atoms with Gasteiger partial charge in [0.15, 0.2) is 0 Å². The van der Waals surface area contributed by atoms with Crippen molar-refractivity contribution < 1.29 is 24.1 Å². The third kappa shape index (κ3) is 4.71. The van der Waals surface area contributed by atoms with Crippen LogP contribution in [0.2, 0.25) is 0 Å². The molecule has 0 N–H and O–H groups in total. The number of benzene rings is 1. The number of carbonyl (C=O) groups is 2. The Bertz CT molecular complexity index is 459. The third-order valence-corrected chi connectivity index (χ3v) is 2.33. The van der Waals surface area contributed by atoms with Crippen molar-refractivity contribution in [1.29, 1.82) is 0 Å². The Morgan fingerprint density at radius 1 is 1.16 bits per heavy atom. The lowest BCUT2D eigenvalue weighted by Crippen LogP contribution is -2.23. The zero-order chi connectivity index (χ0) is 14.5. The fourth-order valence-corrected chi connectivity index (χ4v) is 1.32. The molecule has 1 aromatic rings. The van der Waals surface area contributed by atoms with Crippen LogP contribution in [0.25, 0.3) is 0 Å². The van der Waals surface area contributed by atoms with Gasteiger partial charge in [-0.3, -0.25) is 4.89 Å². The minimum absolute atomic E-state index is 0.0752. The van der Waals surface area contributed by atoms with Crippen LogP contribution in [0.15, 0.2) is 24.3 Å². The molecule has 0 heterocycles. The molecule has 0 aliphatic heterocycles. The Hall–Kier alpha value is -1.88. The van der Waals surface area contributed by atoms with Crippen LogP contribution in [0, 0.1) is 0 Å². The molecular weight excluding hydrogens is 248 g/mol. The zero-order valence-corrected chi connectivity index (χ0v) is 11.6. The number of carbonyl (C=O) groups excluding carboxylic acids is 2. The SMILES string of the molecule is CCOOC(=O)C(=O)Oc1cccc(C(C)(C)C)c1. The summed E-state index contributed by atoms with van der Waals surface area (Å²) in [6.07, 6.45) is 0. The summed E-state index contributed by atoms with van der Waals surface area (Å²) in [6.45, 7) is 7.91. The van der Waals surface area contributed by atoms with Gasteiger partial charge < -0.3 is 4.74 Å². The third-order valence-electron chi connectivity index (χ3n) is 2.33. The molecule has 0 radical (unpaired) electrons. The molecule has 0 atom stereocenters. The van der Waals surface area contributed by atoms with Gasteiger partial charge in [-0.05, 0) is 30.0 Å². The molecule has 0 unspecified atom stereocenters. The van der Waals surface area contributed by atoms with Gasteiger partial charge in [-0.2, -0.15) is 4.89 Å². The quantitative estimate of drug-likeness (QED) is 0.276. The minimum Gasteiger partial charge on any atom is -0.418 e. The lowest BCUT2D eigenvalue weighted by Gasteiger charge is -2.19. The highest BCUT2D eigenvalue weighted by Gasteiger charge is 2.21. The molecule has 0 spiro atoms. The molecule has 19 heavy (non-hydrogen) atoms. The van der Waals surface area contributed by atoms with E-state index in [1.165, 1.54) is 0 Å². The van der Waals surface area contributed by atoms with Gasteiger partial charge in [0, 0.05) is 0 Å². The predicted octanol–water partition coefficient (Wildman–Crippen LogP) is 2.38. The maximum Gasteiger partial charge on any atom is 0.450 e. The predicted molar refractivity (Wildman–Crippen MR) is 68.5 cm³/mol. The number of ether oxygens (including phenoxy) is 1. The van der Waals surface area contributed by atoms with Crippen molar-refractivity contribution in [3.05, 3.63) is 29.8 Å². The van der Waals surface area contributed by atoms with E-state index in [4.69, 9.17) is 4.74 Å². The van der Waals surface area contributed by atoms with Crippen LogP contribution in [-0.2, 0) is 24.8 Å². The molecule has 0 amide bonds. The molecule has 0 aromatic heterocycles. The highest BCUT2D eigenvalue weighted by Crippen LogP contribution is 2.25. The molecule has 104 valence electrons. The van der Waals surface area contributed by atoms with Crippen LogP contribution in [0.3, 0.4) is 0 Å². The summed E-state index contributed by atoms with van der Waals surface area (Å²) < 4.78 is 4.92. The van der Waals surface area contributed by atoms with Crippen LogP contribution >= 0.6 is 0 Å². The number of rotatable bonds is 3. The van der Waals surface area contributed by atoms with E-state index in [-0.39, 0.29) is 12.0 Å². The van der Waals surface area contributed by atoms with Gasteiger partial charge in [-0.1, -0.05) is 32.9 Å². The average molecular weight is 266 g/mol. The molecule has 1 rings (SSSR count). The van der Waals surface area contributed by atoms with Crippen LogP contribution in [-0.4, -0.2) is 18.5 Å². The van der Waals surface area contributed by atoms with E-state index < -0.39 is 11.9 Å². The highest BCUT2D eigenvalue weighted by atomic mass is 17.2. The number of hydrogen-bond donors (Lipinski definition) is 0. The van der Waals surface area contributed by atoms with E-state index >= 15 is 0 Å². The smallest absolute Gasteiger partial charge is 0.418 e. The standard InChI is InChI=1S/C14H18O5/c1-5-17-19-13(16)12(15)18-11-8-6-7-10(9-11)14(2,3)4/h6-9H,5H2,1-4H3. The van der Waals surface area contributed by atoms with Crippen LogP contribution in [0.4, 0.5) is 0 Å². The van der Waals surface area contributed by atoms with E-state index in [9.17, 15) is 9.59 Å². The summed E-state index contributed by atoms with van der Waals surface area (Å²) in [4.78, 5) is 31.2. The second kappa shape index (κ2) is 6.33. The maximum atomic E-state index is 11.4. The molecule has 0 fully saturated rings. The van der Waals surface area contributed by atoms with Crippen molar-refractivity contribution in [2.24, 2.45) is 0 Å². The number of hydrogen-bond acceptors (Lipinski definition) is 5. The van der Waals surface area contributed by atoms with Gasteiger partial charge in [0.2, 0.25) is 0 Å². The molecule has 0 bridgehead atoms. The summed E-state index contributed by atoms with van der Waals surface area (Å²) in [5, 5.41) is 0. The summed E-state index contributed by atoms with van der Waals surface area (Å²) in [6, 6.07) is 7.00. The molecular formula is C14H18O5. The summed E-state index contributed by atoms with van der Waals surface area (Å²) in [5.74, 6) is -1.99. The first-order valence-corrected chi connectivity index (χ1v) is 6.00. The summed E-state index contributed by atoms with van der Waals surface area (Å²) in [5.41, 5.74) is 0.921. The Morgan fingerprint density at radius 2 is 1.84 bits per heavy atom. The molecule has 1 aromatic carbocycles. The van der Waals surface area contributed by atoms with E-state index in [2.05, 4.69) is 9.78 Å². The Kier molecular flexibility index (Phi) is 5.06. The van der Waals surface area contributed by atoms with Crippen LogP contribution in [0.5, 0.6) is 5.75 Å². The van der Waals surface area contributed by atoms with Gasteiger partial charge in [0.25, 0.3) is 0 Å². The van der Waals surface area contributed by atoms with E-state index in [0.29, 0.717) is 5.75 Å². The topological polar surface area (TPSA) is 61.8 Å². The fourth-order valence-electron chi connectivity index (χ4n) is 1.32. The van der Waals surface area contributed by atoms with Gasteiger partial charge in [-0.15, -0.1) is 0 Å². The number of esters is 1. The van der Waals surface area contributed by atoms with Crippen molar-refractivity contribution in [2.45, 2.75) is 33.1 Å². The first kappa shape index (κ1) is 15.2. The molecule has 5 nitrogen and oxygen atoms in total. The van der Waals surface area contributed by atoms with Gasteiger partial charge in [0.05, 0.1) is 6.61 Å². The monoisotopic (exact) mass is 266 g/mol. The Labute approximate surface area is 112 Å². The lowest BCUT2D eigenvalue weighted by molar-refractivity contribution is -0.268. The molecule has 5 heteroatoms. The van der Waals surface area contributed by atoms with E-state index in [1.54, 1.807) is 25.1 Å². The summed E-state index contributed by atoms with van der Waals surface area (Å²) in [7, 11) is 0. The molecule has 0 saturated carbocycles. The van der Waals surface area contributed by atoms with Gasteiger partial charge in [0.1, 0.15) is 5.75 Å².